The number of carboxylic acids is 1. The van der Waals surface area contributed by atoms with Gasteiger partial charge in [0.2, 0.25) is 0 Å². The Labute approximate surface area is 121 Å². The Balaban J connectivity index is 2.33. The number of carboxylic acid groups (broad SMARTS) is 1. The molecule has 1 aromatic carbocycles. The summed E-state index contributed by atoms with van der Waals surface area (Å²) in [5.41, 5.74) is -0.597. The van der Waals surface area contributed by atoms with Crippen molar-refractivity contribution < 1.29 is 19.6 Å². The van der Waals surface area contributed by atoms with Gasteiger partial charge in [0.25, 0.3) is 11.6 Å². The fraction of sp³-hybridized carbons (Fsp3) is 0.429. The van der Waals surface area contributed by atoms with Gasteiger partial charge in [0, 0.05) is 30.8 Å². The lowest BCUT2D eigenvalue weighted by atomic mass is 10.1. The van der Waals surface area contributed by atoms with Crippen molar-refractivity contribution in [1.29, 1.82) is 0 Å². The molecule has 0 aliphatic heterocycles. The number of carbonyl (C=O) groups excluding carboxylic acids is 1. The summed E-state index contributed by atoms with van der Waals surface area (Å²) in [6, 6.07) is 3.27. The van der Waals surface area contributed by atoms with E-state index in [9.17, 15) is 19.7 Å². The number of rotatable bonds is 6. The van der Waals surface area contributed by atoms with E-state index in [0.29, 0.717) is 19.0 Å². The van der Waals surface area contributed by atoms with Crippen molar-refractivity contribution in [2.45, 2.75) is 19.8 Å². The fourth-order valence-corrected chi connectivity index (χ4v) is 2.11. The smallest absolute Gasteiger partial charge is 0.335 e. The largest absolute Gasteiger partial charge is 0.478 e. The molecule has 112 valence electrons. The second kappa shape index (κ2) is 5.90. The van der Waals surface area contributed by atoms with E-state index in [0.717, 1.165) is 25.0 Å². The van der Waals surface area contributed by atoms with Crippen LogP contribution in [0.5, 0.6) is 0 Å². The van der Waals surface area contributed by atoms with E-state index in [1.807, 2.05) is 6.92 Å². The number of nitrogens with zero attached hydrogens (tertiary/aromatic N) is 2. The summed E-state index contributed by atoms with van der Waals surface area (Å²) in [5, 5.41) is 19.9. The highest BCUT2D eigenvalue weighted by molar-refractivity contribution is 5.98. The van der Waals surface area contributed by atoms with Crippen LogP contribution in [-0.2, 0) is 0 Å². The molecule has 0 aromatic heterocycles. The van der Waals surface area contributed by atoms with Gasteiger partial charge in [-0.2, -0.15) is 0 Å². The first-order valence-electron chi connectivity index (χ1n) is 6.74. The Morgan fingerprint density at radius 1 is 1.33 bits per heavy atom. The minimum atomic E-state index is -1.29. The third-order valence-corrected chi connectivity index (χ3v) is 3.47. The van der Waals surface area contributed by atoms with Crippen LogP contribution in [0.25, 0.3) is 0 Å². The number of amides is 1. The normalized spacial score (nSPS) is 13.8. The van der Waals surface area contributed by atoms with Crippen LogP contribution in [0, 0.1) is 16.0 Å². The molecule has 1 aliphatic rings. The number of nitro benzene ring substituents is 1. The molecule has 21 heavy (non-hydrogen) atoms. The summed E-state index contributed by atoms with van der Waals surface area (Å²) in [6.07, 6.45) is 2.16. The molecule has 0 spiro atoms. The van der Waals surface area contributed by atoms with Gasteiger partial charge >= 0.3 is 5.97 Å². The minimum absolute atomic E-state index is 0.0455. The van der Waals surface area contributed by atoms with Crippen molar-refractivity contribution in [3.63, 3.8) is 0 Å². The first kappa shape index (κ1) is 15.0. The summed E-state index contributed by atoms with van der Waals surface area (Å²) in [5.74, 6) is -1.17. The number of benzene rings is 1. The highest BCUT2D eigenvalue weighted by atomic mass is 16.6. The predicted octanol–water partition coefficient (Wildman–Crippen LogP) is 2.17. The summed E-state index contributed by atoms with van der Waals surface area (Å²) in [6.45, 7) is 2.93. The van der Waals surface area contributed by atoms with Crippen molar-refractivity contribution in [3.05, 3.63) is 39.4 Å². The second-order valence-corrected chi connectivity index (χ2v) is 5.12. The summed E-state index contributed by atoms with van der Waals surface area (Å²) in [7, 11) is 0. The van der Waals surface area contributed by atoms with Gasteiger partial charge in [-0.3, -0.25) is 14.9 Å². The highest BCUT2D eigenvalue weighted by Gasteiger charge is 2.27. The maximum absolute atomic E-state index is 12.4. The van der Waals surface area contributed by atoms with Gasteiger partial charge in [-0.25, -0.2) is 4.79 Å². The molecule has 0 bridgehead atoms. The number of aromatic carboxylic acids is 1. The summed E-state index contributed by atoms with van der Waals surface area (Å²) >= 11 is 0. The lowest BCUT2D eigenvalue weighted by Crippen LogP contribution is -2.32. The van der Waals surface area contributed by atoms with E-state index < -0.39 is 10.9 Å². The molecule has 1 aliphatic carbocycles. The fourth-order valence-electron chi connectivity index (χ4n) is 2.11. The van der Waals surface area contributed by atoms with Gasteiger partial charge in [-0.15, -0.1) is 0 Å². The van der Waals surface area contributed by atoms with Gasteiger partial charge in [-0.1, -0.05) is 0 Å². The van der Waals surface area contributed by atoms with Crippen LogP contribution in [0.2, 0.25) is 0 Å². The minimum Gasteiger partial charge on any atom is -0.478 e. The Kier molecular flexibility index (Phi) is 4.21. The Morgan fingerprint density at radius 2 is 1.95 bits per heavy atom. The molecule has 1 N–H and O–H groups in total. The molecule has 1 fully saturated rings. The molecule has 0 atom stereocenters. The van der Waals surface area contributed by atoms with Crippen LogP contribution >= 0.6 is 0 Å². The number of hydrogen-bond donors (Lipinski definition) is 1. The number of nitro groups is 1. The average molecular weight is 292 g/mol. The number of non-ortho nitro benzene ring substituents is 1. The lowest BCUT2D eigenvalue weighted by Gasteiger charge is -2.20. The van der Waals surface area contributed by atoms with Gasteiger partial charge in [0.15, 0.2) is 0 Å². The first-order chi connectivity index (χ1) is 9.92. The topological polar surface area (TPSA) is 101 Å². The molecule has 1 aromatic rings. The van der Waals surface area contributed by atoms with Gasteiger partial charge in [-0.05, 0) is 31.7 Å². The molecular formula is C14H16N2O5. The standard InChI is InChI=1S/C14H16N2O5/c1-2-15(8-9-3-4-9)13(17)10-5-11(14(18)19)7-12(6-10)16(20)21/h5-7,9H,2-4,8H2,1H3,(H,18,19). The summed E-state index contributed by atoms with van der Waals surface area (Å²) in [4.78, 5) is 35.2. The van der Waals surface area contributed by atoms with Gasteiger partial charge in [0.05, 0.1) is 10.5 Å². The van der Waals surface area contributed by atoms with Gasteiger partial charge in [0.1, 0.15) is 0 Å². The second-order valence-electron chi connectivity index (χ2n) is 5.12. The predicted molar refractivity (Wildman–Crippen MR) is 74.4 cm³/mol. The zero-order valence-corrected chi connectivity index (χ0v) is 11.6. The third kappa shape index (κ3) is 3.56. The van der Waals surface area contributed by atoms with E-state index in [1.165, 1.54) is 6.07 Å². The zero-order chi connectivity index (χ0) is 15.6. The van der Waals surface area contributed by atoms with Crippen molar-refractivity contribution in [2.24, 2.45) is 5.92 Å². The van der Waals surface area contributed by atoms with Crippen LogP contribution in [0.4, 0.5) is 5.69 Å². The summed E-state index contributed by atoms with van der Waals surface area (Å²) < 4.78 is 0. The molecular weight excluding hydrogens is 276 g/mol. The molecule has 2 rings (SSSR count). The maximum Gasteiger partial charge on any atom is 0.335 e. The number of hydrogen-bond acceptors (Lipinski definition) is 4. The molecule has 0 unspecified atom stereocenters. The quantitative estimate of drug-likeness (QED) is 0.639. The van der Waals surface area contributed by atoms with Crippen molar-refractivity contribution >= 4 is 17.6 Å². The highest BCUT2D eigenvalue weighted by Crippen LogP contribution is 2.30. The number of carbonyl (C=O) groups is 2. The molecule has 0 saturated heterocycles. The monoisotopic (exact) mass is 292 g/mol. The Hall–Kier alpha value is -2.44. The van der Waals surface area contributed by atoms with E-state index in [2.05, 4.69) is 0 Å². The van der Waals surface area contributed by atoms with Crippen LogP contribution in [0.3, 0.4) is 0 Å². The Morgan fingerprint density at radius 3 is 2.43 bits per heavy atom. The molecule has 1 amide bonds. The van der Waals surface area contributed by atoms with Gasteiger partial charge < -0.3 is 10.0 Å². The Bertz CT molecular complexity index is 563. The SMILES string of the molecule is CCN(CC1CC1)C(=O)c1cc(C(=O)O)cc([N+](=O)[O-])c1. The average Bonchev–Trinajstić information content (AvgIpc) is 3.27. The molecule has 0 heterocycles. The van der Waals surface area contributed by atoms with Crippen LogP contribution in [0.15, 0.2) is 18.2 Å². The molecule has 7 nitrogen and oxygen atoms in total. The van der Waals surface area contributed by atoms with Crippen molar-refractivity contribution in [3.8, 4) is 0 Å². The van der Waals surface area contributed by atoms with E-state index >= 15 is 0 Å². The van der Waals surface area contributed by atoms with E-state index in [-0.39, 0.29) is 22.7 Å². The van der Waals surface area contributed by atoms with E-state index in [1.54, 1.807) is 4.90 Å². The van der Waals surface area contributed by atoms with Crippen LogP contribution in [0.1, 0.15) is 40.5 Å². The van der Waals surface area contributed by atoms with Crippen molar-refractivity contribution in [2.75, 3.05) is 13.1 Å². The van der Waals surface area contributed by atoms with E-state index in [4.69, 9.17) is 5.11 Å². The third-order valence-electron chi connectivity index (χ3n) is 3.47. The molecule has 7 heteroatoms. The molecule has 0 radical (unpaired) electrons. The lowest BCUT2D eigenvalue weighted by molar-refractivity contribution is -0.384. The van der Waals surface area contributed by atoms with Crippen LogP contribution < -0.4 is 0 Å². The zero-order valence-electron chi connectivity index (χ0n) is 11.6. The van der Waals surface area contributed by atoms with Crippen molar-refractivity contribution in [1.82, 2.24) is 4.90 Å². The maximum atomic E-state index is 12.4. The molecule has 1 saturated carbocycles. The first-order valence-corrected chi connectivity index (χ1v) is 6.74. The van der Waals surface area contributed by atoms with Crippen LogP contribution in [-0.4, -0.2) is 39.9 Å².